The Morgan fingerprint density at radius 1 is 0.875 bits per heavy atom. The van der Waals surface area contributed by atoms with Gasteiger partial charge in [-0.2, -0.15) is 0 Å². The Balaban J connectivity index is 3.60. The summed E-state index contributed by atoms with van der Waals surface area (Å²) in [7, 11) is 1.68. The van der Waals surface area contributed by atoms with Crippen molar-refractivity contribution in [2.75, 3.05) is 20.3 Å². The third-order valence-electron chi connectivity index (χ3n) is 4.00. The predicted molar refractivity (Wildman–Crippen MR) is 94.8 cm³/mol. The molecule has 0 heterocycles. The standard InChI is InChI=1S/C19H36O5/c1-5-6-7-9-17(3)24-19(21)11-8-10-18(20)23-15-13-16(2)12-14-22-4/h16-17H,5-15H2,1-4H3. The van der Waals surface area contributed by atoms with Gasteiger partial charge in [-0.25, -0.2) is 0 Å². The highest BCUT2D eigenvalue weighted by Crippen LogP contribution is 2.10. The van der Waals surface area contributed by atoms with Crippen molar-refractivity contribution in [1.82, 2.24) is 0 Å². The maximum absolute atomic E-state index is 11.7. The fourth-order valence-corrected chi connectivity index (χ4v) is 2.31. The molecule has 0 radical (unpaired) electrons. The van der Waals surface area contributed by atoms with Crippen LogP contribution in [0.5, 0.6) is 0 Å². The minimum Gasteiger partial charge on any atom is -0.466 e. The van der Waals surface area contributed by atoms with Gasteiger partial charge in [-0.05, 0) is 44.9 Å². The van der Waals surface area contributed by atoms with Crippen molar-refractivity contribution >= 4 is 11.9 Å². The topological polar surface area (TPSA) is 61.8 Å². The van der Waals surface area contributed by atoms with Crippen molar-refractivity contribution in [3.63, 3.8) is 0 Å². The van der Waals surface area contributed by atoms with Gasteiger partial charge in [-0.1, -0.05) is 26.7 Å². The number of esters is 2. The van der Waals surface area contributed by atoms with Gasteiger partial charge in [0.2, 0.25) is 0 Å². The van der Waals surface area contributed by atoms with Crippen molar-refractivity contribution in [3.8, 4) is 0 Å². The monoisotopic (exact) mass is 344 g/mol. The van der Waals surface area contributed by atoms with Gasteiger partial charge in [0.05, 0.1) is 12.7 Å². The second-order valence-corrected chi connectivity index (χ2v) is 6.55. The second-order valence-electron chi connectivity index (χ2n) is 6.55. The van der Waals surface area contributed by atoms with E-state index >= 15 is 0 Å². The molecule has 0 rings (SSSR count). The Morgan fingerprint density at radius 2 is 1.54 bits per heavy atom. The Morgan fingerprint density at radius 3 is 2.21 bits per heavy atom. The molecule has 0 spiro atoms. The molecular formula is C19H36O5. The Labute approximate surface area is 147 Å². The normalized spacial score (nSPS) is 13.3. The predicted octanol–water partition coefficient (Wildman–Crippen LogP) is 4.27. The molecule has 0 aliphatic heterocycles. The largest absolute Gasteiger partial charge is 0.466 e. The number of carbonyl (C=O) groups is 2. The summed E-state index contributed by atoms with van der Waals surface area (Å²) in [5.41, 5.74) is 0. The van der Waals surface area contributed by atoms with E-state index in [2.05, 4.69) is 13.8 Å². The highest BCUT2D eigenvalue weighted by Gasteiger charge is 2.11. The van der Waals surface area contributed by atoms with Crippen LogP contribution in [0.15, 0.2) is 0 Å². The van der Waals surface area contributed by atoms with Gasteiger partial charge in [-0.15, -0.1) is 0 Å². The number of rotatable bonds is 15. The van der Waals surface area contributed by atoms with Crippen molar-refractivity contribution < 1.29 is 23.8 Å². The van der Waals surface area contributed by atoms with E-state index in [1.807, 2.05) is 6.92 Å². The molecule has 0 aliphatic carbocycles. The highest BCUT2D eigenvalue weighted by molar-refractivity contribution is 5.72. The maximum atomic E-state index is 11.7. The Hall–Kier alpha value is -1.10. The molecule has 0 amide bonds. The first-order chi connectivity index (χ1) is 11.5. The van der Waals surface area contributed by atoms with Crippen LogP contribution in [0.25, 0.3) is 0 Å². The molecule has 0 fully saturated rings. The molecule has 5 nitrogen and oxygen atoms in total. The summed E-state index contributed by atoms with van der Waals surface area (Å²) in [6.07, 6.45) is 7.11. The Kier molecular flexibility index (Phi) is 14.7. The molecule has 2 atom stereocenters. The van der Waals surface area contributed by atoms with Crippen LogP contribution in [0.2, 0.25) is 0 Å². The van der Waals surface area contributed by atoms with Gasteiger partial charge >= 0.3 is 11.9 Å². The average molecular weight is 344 g/mol. The lowest BCUT2D eigenvalue weighted by Gasteiger charge is -2.13. The van der Waals surface area contributed by atoms with E-state index in [-0.39, 0.29) is 30.9 Å². The molecule has 0 aliphatic rings. The summed E-state index contributed by atoms with van der Waals surface area (Å²) in [5.74, 6) is 0.0136. The van der Waals surface area contributed by atoms with Crippen molar-refractivity contribution in [1.29, 1.82) is 0 Å². The first-order valence-corrected chi connectivity index (χ1v) is 9.33. The number of carbonyl (C=O) groups excluding carboxylic acids is 2. The number of ether oxygens (including phenoxy) is 3. The van der Waals surface area contributed by atoms with E-state index < -0.39 is 0 Å². The second kappa shape index (κ2) is 15.4. The lowest BCUT2D eigenvalue weighted by molar-refractivity contribution is -0.149. The number of unbranched alkanes of at least 4 members (excludes halogenated alkanes) is 2. The van der Waals surface area contributed by atoms with Crippen LogP contribution in [0.3, 0.4) is 0 Å². The smallest absolute Gasteiger partial charge is 0.306 e. The third-order valence-corrected chi connectivity index (χ3v) is 4.00. The van der Waals surface area contributed by atoms with Crippen LogP contribution in [0, 0.1) is 5.92 Å². The minimum atomic E-state index is -0.238. The highest BCUT2D eigenvalue weighted by atomic mass is 16.5. The van der Waals surface area contributed by atoms with Crippen LogP contribution in [-0.4, -0.2) is 38.4 Å². The summed E-state index contributed by atoms with van der Waals surface area (Å²) in [5, 5.41) is 0. The zero-order valence-corrected chi connectivity index (χ0v) is 16.0. The van der Waals surface area contributed by atoms with Crippen molar-refractivity contribution in [3.05, 3.63) is 0 Å². The van der Waals surface area contributed by atoms with Crippen molar-refractivity contribution in [2.45, 2.75) is 84.7 Å². The van der Waals surface area contributed by atoms with Gasteiger partial charge < -0.3 is 14.2 Å². The fraction of sp³-hybridized carbons (Fsp3) is 0.895. The number of methoxy groups -OCH3 is 1. The quantitative estimate of drug-likeness (QED) is 0.328. The van der Waals surface area contributed by atoms with E-state index in [1.165, 1.54) is 0 Å². The van der Waals surface area contributed by atoms with Crippen molar-refractivity contribution in [2.24, 2.45) is 5.92 Å². The van der Waals surface area contributed by atoms with E-state index in [9.17, 15) is 9.59 Å². The van der Waals surface area contributed by atoms with Crippen LogP contribution in [0.4, 0.5) is 0 Å². The summed E-state index contributed by atoms with van der Waals surface area (Å²) in [6, 6.07) is 0. The molecule has 0 aromatic heterocycles. The third kappa shape index (κ3) is 14.5. The summed E-state index contributed by atoms with van der Waals surface area (Å²) >= 11 is 0. The van der Waals surface area contributed by atoms with Gasteiger partial charge in [0, 0.05) is 26.6 Å². The van der Waals surface area contributed by atoms with E-state index in [0.717, 1.165) is 45.1 Å². The molecule has 5 heteroatoms. The molecule has 0 bridgehead atoms. The number of hydrogen-bond acceptors (Lipinski definition) is 5. The minimum absolute atomic E-state index is 0.0374. The SMILES string of the molecule is CCCCCC(C)OC(=O)CCCC(=O)OCCC(C)CCOC. The molecule has 0 aromatic carbocycles. The molecule has 2 unspecified atom stereocenters. The fourth-order valence-electron chi connectivity index (χ4n) is 2.31. The maximum Gasteiger partial charge on any atom is 0.306 e. The van der Waals surface area contributed by atoms with E-state index in [4.69, 9.17) is 14.2 Å². The van der Waals surface area contributed by atoms with Gasteiger partial charge in [-0.3, -0.25) is 9.59 Å². The van der Waals surface area contributed by atoms with Gasteiger partial charge in [0.25, 0.3) is 0 Å². The molecular weight excluding hydrogens is 308 g/mol. The molecule has 0 N–H and O–H groups in total. The summed E-state index contributed by atoms with van der Waals surface area (Å²) in [4.78, 5) is 23.3. The molecule has 0 saturated carbocycles. The van der Waals surface area contributed by atoms with Crippen LogP contribution in [0.1, 0.15) is 78.6 Å². The van der Waals surface area contributed by atoms with Gasteiger partial charge in [0.1, 0.15) is 0 Å². The zero-order valence-electron chi connectivity index (χ0n) is 16.0. The van der Waals surface area contributed by atoms with Crippen LogP contribution in [-0.2, 0) is 23.8 Å². The zero-order chi connectivity index (χ0) is 18.2. The van der Waals surface area contributed by atoms with Gasteiger partial charge in [0.15, 0.2) is 0 Å². The lowest BCUT2D eigenvalue weighted by atomic mass is 10.1. The number of hydrogen-bond donors (Lipinski definition) is 0. The first kappa shape index (κ1) is 22.9. The lowest BCUT2D eigenvalue weighted by Crippen LogP contribution is -2.15. The van der Waals surface area contributed by atoms with Crippen LogP contribution >= 0.6 is 0 Å². The summed E-state index contributed by atoms with van der Waals surface area (Å²) < 4.78 is 15.5. The van der Waals surface area contributed by atoms with E-state index in [1.54, 1.807) is 7.11 Å². The molecule has 0 saturated heterocycles. The molecule has 0 aromatic rings. The molecule has 24 heavy (non-hydrogen) atoms. The molecule has 142 valence electrons. The first-order valence-electron chi connectivity index (χ1n) is 9.33. The summed E-state index contributed by atoms with van der Waals surface area (Å²) in [6.45, 7) is 7.35. The van der Waals surface area contributed by atoms with E-state index in [0.29, 0.717) is 18.9 Å². The van der Waals surface area contributed by atoms with Crippen LogP contribution < -0.4 is 0 Å². The average Bonchev–Trinajstić information content (AvgIpc) is 2.53. The Bertz CT molecular complexity index is 330.